The van der Waals surface area contributed by atoms with Crippen LogP contribution in [0, 0.1) is 0 Å². The summed E-state index contributed by atoms with van der Waals surface area (Å²) in [6, 6.07) is 17.1. The summed E-state index contributed by atoms with van der Waals surface area (Å²) in [5, 5.41) is 23.8. The van der Waals surface area contributed by atoms with Gasteiger partial charge in [0, 0.05) is 17.3 Å². The van der Waals surface area contributed by atoms with E-state index in [1.54, 1.807) is 48.5 Å². The normalized spacial score (nSPS) is 17.4. The van der Waals surface area contributed by atoms with Gasteiger partial charge in [0.15, 0.2) is 23.0 Å². The molecule has 0 bridgehead atoms. The molecule has 1 atom stereocenters. The van der Waals surface area contributed by atoms with Gasteiger partial charge >= 0.3 is 0 Å². The number of rotatable bonds is 2. The predicted octanol–water partition coefficient (Wildman–Crippen LogP) is 3.64. The molecule has 0 unspecified atom stereocenters. The molecule has 3 aromatic carbocycles. The van der Waals surface area contributed by atoms with Crippen molar-refractivity contribution in [1.29, 1.82) is 0 Å². The highest BCUT2D eigenvalue weighted by atomic mass is 16.6. The molecule has 2 aliphatic rings. The Bertz CT molecular complexity index is 1110. The van der Waals surface area contributed by atoms with Crippen molar-refractivity contribution in [2.75, 3.05) is 23.4 Å². The monoisotopic (exact) mass is 390 g/mol. The second-order valence-corrected chi connectivity index (χ2v) is 6.81. The topological polar surface area (TPSA) is 91.3 Å². The van der Waals surface area contributed by atoms with Crippen molar-refractivity contribution < 1.29 is 24.5 Å². The third kappa shape index (κ3) is 2.79. The molecule has 0 aliphatic carbocycles. The molecule has 5 rings (SSSR count). The number of benzene rings is 3. The van der Waals surface area contributed by atoms with Gasteiger partial charge in [0.25, 0.3) is 5.91 Å². The lowest BCUT2D eigenvalue weighted by Gasteiger charge is -2.38. The number of phenolic OH excluding ortho intramolecular Hbond substituents is 2. The van der Waals surface area contributed by atoms with Crippen molar-refractivity contribution in [3.63, 3.8) is 0 Å². The lowest BCUT2D eigenvalue weighted by Crippen LogP contribution is -2.43. The van der Waals surface area contributed by atoms with Crippen LogP contribution in [-0.2, 0) is 0 Å². The van der Waals surface area contributed by atoms with Gasteiger partial charge < -0.3 is 25.0 Å². The average Bonchev–Trinajstić information content (AvgIpc) is 2.75. The number of nitrogens with zero attached hydrogens (tertiary/aromatic N) is 1. The van der Waals surface area contributed by atoms with Gasteiger partial charge in [-0.2, -0.15) is 0 Å². The number of phenols is 2. The number of amides is 1. The number of hydrogen-bond donors (Lipinski definition) is 3. The van der Waals surface area contributed by atoms with Crippen LogP contribution >= 0.6 is 0 Å². The molecule has 29 heavy (non-hydrogen) atoms. The Morgan fingerprint density at radius 1 is 0.931 bits per heavy atom. The zero-order valence-corrected chi connectivity index (χ0v) is 15.3. The Morgan fingerprint density at radius 2 is 1.72 bits per heavy atom. The molecule has 0 radical (unpaired) electrons. The molecule has 0 spiro atoms. The van der Waals surface area contributed by atoms with Crippen LogP contribution in [0.4, 0.5) is 11.4 Å². The van der Waals surface area contributed by atoms with Crippen LogP contribution in [-0.4, -0.2) is 29.3 Å². The third-order valence-electron chi connectivity index (χ3n) is 5.07. The summed E-state index contributed by atoms with van der Waals surface area (Å²) >= 11 is 0. The summed E-state index contributed by atoms with van der Waals surface area (Å²) in [7, 11) is 0. The summed E-state index contributed by atoms with van der Waals surface area (Å²) < 4.78 is 11.2. The highest BCUT2D eigenvalue weighted by Gasteiger charge is 2.36. The van der Waals surface area contributed by atoms with E-state index in [1.165, 1.54) is 11.0 Å². The highest BCUT2D eigenvalue weighted by Crippen LogP contribution is 2.43. The van der Waals surface area contributed by atoms with Crippen molar-refractivity contribution in [1.82, 2.24) is 0 Å². The Labute approximate surface area is 166 Å². The molecule has 2 aliphatic heterocycles. The Balaban J connectivity index is 1.67. The van der Waals surface area contributed by atoms with Crippen LogP contribution < -0.4 is 19.7 Å². The minimum absolute atomic E-state index is 0.233. The van der Waals surface area contributed by atoms with Crippen LogP contribution in [0.25, 0.3) is 0 Å². The molecule has 7 heteroatoms. The molecule has 146 valence electrons. The van der Waals surface area contributed by atoms with Crippen LogP contribution in [0.15, 0.2) is 60.7 Å². The molecule has 2 heterocycles. The first-order valence-corrected chi connectivity index (χ1v) is 9.23. The molecule has 0 fully saturated rings. The lowest BCUT2D eigenvalue weighted by atomic mass is 10.0. The largest absolute Gasteiger partial charge is 0.504 e. The van der Waals surface area contributed by atoms with E-state index in [-0.39, 0.29) is 17.4 Å². The zero-order chi connectivity index (χ0) is 20.0. The van der Waals surface area contributed by atoms with Gasteiger partial charge in [-0.05, 0) is 30.3 Å². The third-order valence-corrected chi connectivity index (χ3v) is 5.07. The molecule has 0 saturated heterocycles. The molecule has 0 aromatic heterocycles. The maximum Gasteiger partial charge on any atom is 0.262 e. The first-order valence-electron chi connectivity index (χ1n) is 9.23. The number of carbonyl (C=O) groups is 1. The van der Waals surface area contributed by atoms with E-state index >= 15 is 0 Å². The minimum atomic E-state index is -0.730. The first-order chi connectivity index (χ1) is 14.1. The average molecular weight is 390 g/mol. The Kier molecular flexibility index (Phi) is 3.94. The quantitative estimate of drug-likeness (QED) is 0.579. The van der Waals surface area contributed by atoms with Gasteiger partial charge in [-0.3, -0.25) is 9.69 Å². The van der Waals surface area contributed by atoms with Gasteiger partial charge in [-0.25, -0.2) is 0 Å². The van der Waals surface area contributed by atoms with Crippen LogP contribution in [0.1, 0.15) is 22.1 Å². The minimum Gasteiger partial charge on any atom is -0.504 e. The number of carbonyl (C=O) groups excluding carboxylic acids is 1. The fourth-order valence-corrected chi connectivity index (χ4v) is 3.69. The molecule has 0 saturated carbocycles. The van der Waals surface area contributed by atoms with E-state index in [4.69, 9.17) is 9.47 Å². The molecule has 3 N–H and O–H groups in total. The predicted molar refractivity (Wildman–Crippen MR) is 107 cm³/mol. The van der Waals surface area contributed by atoms with E-state index in [0.29, 0.717) is 47.2 Å². The van der Waals surface area contributed by atoms with Crippen molar-refractivity contribution in [2.24, 2.45) is 0 Å². The van der Waals surface area contributed by atoms with E-state index in [9.17, 15) is 15.0 Å². The van der Waals surface area contributed by atoms with E-state index in [2.05, 4.69) is 5.32 Å². The van der Waals surface area contributed by atoms with Crippen LogP contribution in [0.2, 0.25) is 0 Å². The molecular formula is C22H18N2O5. The van der Waals surface area contributed by atoms with Crippen molar-refractivity contribution in [3.05, 3.63) is 71.8 Å². The molecular weight excluding hydrogens is 372 g/mol. The second-order valence-electron chi connectivity index (χ2n) is 6.81. The fraction of sp³-hybridized carbons (Fsp3) is 0.136. The number of aromatic hydroxyl groups is 2. The molecule has 3 aromatic rings. The number of fused-ring (bicyclic) bond motifs is 2. The standard InChI is InChI=1S/C22H18N2O5/c25-17-7-3-5-15(20(17)26)21-23-16-6-2-1-4-14(16)22(27)24(21)13-8-9-18-19(12-13)29-11-10-28-18/h1-9,12,21,23,25-26H,10-11H2/t21-/m1/s1. The second kappa shape index (κ2) is 6.63. The summed E-state index contributed by atoms with van der Waals surface area (Å²) in [5.41, 5.74) is 2.12. The number of ether oxygens (including phenoxy) is 2. The highest BCUT2D eigenvalue weighted by molar-refractivity contribution is 6.12. The first kappa shape index (κ1) is 17.2. The smallest absolute Gasteiger partial charge is 0.262 e. The van der Waals surface area contributed by atoms with Crippen LogP contribution in [0.5, 0.6) is 23.0 Å². The van der Waals surface area contributed by atoms with Gasteiger partial charge in [0.2, 0.25) is 0 Å². The summed E-state index contributed by atoms with van der Waals surface area (Å²) in [6.07, 6.45) is -0.730. The van der Waals surface area contributed by atoms with Crippen LogP contribution in [0.3, 0.4) is 0 Å². The number of hydrogen-bond acceptors (Lipinski definition) is 6. The lowest BCUT2D eigenvalue weighted by molar-refractivity contribution is 0.0974. The SMILES string of the molecule is O=C1c2ccccc2N[C@@H](c2cccc(O)c2O)N1c1ccc2c(c1)OCCO2. The van der Waals surface area contributed by atoms with Gasteiger partial charge in [0.1, 0.15) is 19.4 Å². The Hall–Kier alpha value is -3.87. The Morgan fingerprint density at radius 3 is 2.59 bits per heavy atom. The number of anilines is 2. The fourth-order valence-electron chi connectivity index (χ4n) is 3.69. The van der Waals surface area contributed by atoms with Gasteiger partial charge in [-0.15, -0.1) is 0 Å². The number of nitrogens with one attached hydrogen (secondary N) is 1. The molecule has 1 amide bonds. The number of para-hydroxylation sites is 2. The summed E-state index contributed by atoms with van der Waals surface area (Å²) in [4.78, 5) is 15.0. The zero-order valence-electron chi connectivity index (χ0n) is 15.3. The van der Waals surface area contributed by atoms with Crippen molar-refractivity contribution in [3.8, 4) is 23.0 Å². The van der Waals surface area contributed by atoms with E-state index < -0.39 is 6.17 Å². The molecule has 7 nitrogen and oxygen atoms in total. The van der Waals surface area contributed by atoms with E-state index in [0.717, 1.165) is 0 Å². The summed E-state index contributed by atoms with van der Waals surface area (Å²) in [5.74, 6) is 0.412. The van der Waals surface area contributed by atoms with Crippen molar-refractivity contribution >= 4 is 17.3 Å². The van der Waals surface area contributed by atoms with Gasteiger partial charge in [0.05, 0.1) is 11.3 Å². The maximum atomic E-state index is 13.4. The summed E-state index contributed by atoms with van der Waals surface area (Å²) in [6.45, 7) is 0.909. The van der Waals surface area contributed by atoms with E-state index in [1.807, 2.05) is 6.07 Å². The maximum absolute atomic E-state index is 13.4. The van der Waals surface area contributed by atoms with Gasteiger partial charge in [-0.1, -0.05) is 24.3 Å². The van der Waals surface area contributed by atoms with Crippen molar-refractivity contribution in [2.45, 2.75) is 6.17 Å².